The number of aromatic nitrogens is 2. The van der Waals surface area contributed by atoms with Gasteiger partial charge in [0.25, 0.3) is 0 Å². The SMILES string of the molecule is c1ccc(C2=C3N=C(C(c4ccsc4)=C3c3ccsc3)C(c3ccccc3)=c3[nH]c(c(-c4ccsc4)c3-c3ccsc3)=C(c3ccccc3)C3=NC(=C(c4ccccc4)c4[nH]c2c(-c2ccsc2)c4-c2ccsc2)C(c2ccsc2)=C3c2ccsc2)cc1. The highest BCUT2D eigenvalue weighted by Gasteiger charge is 2.39. The Morgan fingerprint density at radius 2 is 0.477 bits per heavy atom. The number of fused-ring (bicyclic) bond motifs is 10. The van der Waals surface area contributed by atoms with Crippen LogP contribution in [0.1, 0.15) is 55.9 Å². The molecule has 0 fully saturated rings. The third kappa shape index (κ3) is 8.97. The van der Waals surface area contributed by atoms with E-state index < -0.39 is 0 Å². The Morgan fingerprint density at radius 3 is 0.761 bits per heavy atom. The molecule has 0 unspecified atom stereocenters. The molecule has 418 valence electrons. The molecule has 0 saturated heterocycles. The van der Waals surface area contributed by atoms with Crippen LogP contribution in [0.25, 0.3) is 89.1 Å². The molecule has 12 heterocycles. The van der Waals surface area contributed by atoms with Crippen LogP contribution >= 0.6 is 90.7 Å². The Morgan fingerprint density at radius 1 is 0.216 bits per heavy atom. The van der Waals surface area contributed by atoms with E-state index >= 15 is 0 Å². The molecule has 14 aromatic rings. The molecule has 0 atom stereocenters. The molecule has 4 aromatic carbocycles. The Labute approximate surface area is 540 Å². The van der Waals surface area contributed by atoms with E-state index in [1.54, 1.807) is 90.7 Å². The van der Waals surface area contributed by atoms with Crippen molar-refractivity contribution < 1.29 is 0 Å². The molecule has 0 saturated carbocycles. The fraction of sp³-hybridized carbons (Fsp3) is 0. The predicted octanol–water partition coefficient (Wildman–Crippen LogP) is 21.3. The standard InChI is InChI=1S/C76H46N4S8/c1-5-13-45(14-6-1)65-69-57(49-21-29-81-37-49)59(51-23-31-83-39-51)71(77-69)66(46-15-7-2-8-16-46)73-61(53-25-33-85-41-53)63(55-27-35-87-43-55)75(79-73)68(48-19-11-4-12-20-48)76-64(56-28-36-88-44-56)62(54-26-34-86-42-54)74(80-76)67(47-17-9-3-10-18-47)72-60(52-24-32-84-40-52)58(70(65)78-72)50-22-30-82-38-50/h1-44,77,80H. The summed E-state index contributed by atoms with van der Waals surface area (Å²) in [4.78, 5) is 21.7. The van der Waals surface area contributed by atoms with Crippen molar-refractivity contribution >= 4 is 147 Å². The van der Waals surface area contributed by atoms with E-state index in [-0.39, 0.29) is 0 Å². The maximum atomic E-state index is 6.41. The number of aliphatic imine (C=N–C) groups is 2. The van der Waals surface area contributed by atoms with E-state index in [1.165, 1.54) is 0 Å². The van der Waals surface area contributed by atoms with Crippen LogP contribution in [-0.4, -0.2) is 21.4 Å². The lowest BCUT2D eigenvalue weighted by molar-refractivity contribution is 1.25. The maximum absolute atomic E-state index is 6.41. The summed E-state index contributed by atoms with van der Waals surface area (Å²) < 4.78 is 0. The van der Waals surface area contributed by atoms with Crippen molar-refractivity contribution in [3.63, 3.8) is 0 Å². The normalized spacial score (nSPS) is 14.3. The van der Waals surface area contributed by atoms with E-state index in [0.717, 1.165) is 179 Å². The van der Waals surface area contributed by atoms with E-state index in [9.17, 15) is 0 Å². The molecule has 0 radical (unpaired) electrons. The highest BCUT2D eigenvalue weighted by molar-refractivity contribution is 7.10. The molecule has 1 aliphatic carbocycles. The number of aromatic amines is 2. The van der Waals surface area contributed by atoms with Crippen LogP contribution in [0.2, 0.25) is 0 Å². The summed E-state index contributed by atoms with van der Waals surface area (Å²) >= 11 is 13.7. The van der Waals surface area contributed by atoms with Crippen molar-refractivity contribution in [1.29, 1.82) is 0 Å². The number of hydrogen-bond acceptors (Lipinski definition) is 10. The van der Waals surface area contributed by atoms with Gasteiger partial charge in [-0.05, 0) is 201 Å². The lowest BCUT2D eigenvalue weighted by atomic mass is 9.85. The summed E-state index contributed by atoms with van der Waals surface area (Å²) in [6.45, 7) is 0. The summed E-state index contributed by atoms with van der Waals surface area (Å²) in [6, 6.07) is 62.2. The van der Waals surface area contributed by atoms with Crippen LogP contribution in [0.5, 0.6) is 0 Å². The first-order valence-corrected chi connectivity index (χ1v) is 36.1. The topological polar surface area (TPSA) is 56.3 Å². The van der Waals surface area contributed by atoms with Crippen molar-refractivity contribution in [3.05, 3.63) is 334 Å². The third-order valence-electron chi connectivity index (χ3n) is 16.6. The molecule has 17 rings (SSSR count). The largest absolute Gasteiger partial charge is 0.353 e. The predicted molar refractivity (Wildman–Crippen MR) is 383 cm³/mol. The molecule has 0 spiro atoms. The first-order valence-electron chi connectivity index (χ1n) is 28.6. The number of nitrogens with zero attached hydrogens (tertiary/aromatic N) is 2. The molecule has 4 nitrogen and oxygen atoms in total. The van der Waals surface area contributed by atoms with Gasteiger partial charge in [-0.2, -0.15) is 90.7 Å². The molecule has 3 aliphatic rings. The molecule has 2 aliphatic heterocycles. The number of allylic oxidation sites excluding steroid dienone is 4. The maximum Gasteiger partial charge on any atom is 0.0822 e. The first kappa shape index (κ1) is 53.3. The van der Waals surface area contributed by atoms with Gasteiger partial charge in [-0.3, -0.25) is 0 Å². The van der Waals surface area contributed by atoms with Crippen molar-refractivity contribution in [3.8, 4) is 44.5 Å². The summed E-state index contributed by atoms with van der Waals surface area (Å²) in [5.74, 6) is 0. The van der Waals surface area contributed by atoms with E-state index in [1.807, 2.05) is 0 Å². The summed E-state index contributed by atoms with van der Waals surface area (Å²) in [7, 11) is 0. The second-order valence-corrected chi connectivity index (χ2v) is 27.7. The molecule has 10 aromatic heterocycles. The highest BCUT2D eigenvalue weighted by atomic mass is 32.1. The molecule has 8 bridgehead atoms. The van der Waals surface area contributed by atoms with Crippen LogP contribution in [0.4, 0.5) is 0 Å². The van der Waals surface area contributed by atoms with Gasteiger partial charge in [0.2, 0.25) is 0 Å². The van der Waals surface area contributed by atoms with Crippen LogP contribution < -0.4 is 10.7 Å². The number of thiophene rings is 8. The van der Waals surface area contributed by atoms with Crippen LogP contribution in [0, 0.1) is 0 Å². The zero-order valence-electron chi connectivity index (χ0n) is 46.6. The molecule has 0 amide bonds. The lowest BCUT2D eigenvalue weighted by Gasteiger charge is -2.16. The minimum atomic E-state index is 0.884. The van der Waals surface area contributed by atoms with Gasteiger partial charge < -0.3 is 9.97 Å². The Bertz CT molecular complexity index is 4880. The fourth-order valence-corrected chi connectivity index (χ4v) is 18.1. The van der Waals surface area contributed by atoms with Gasteiger partial charge in [0, 0.05) is 66.8 Å². The third-order valence-corrected chi connectivity index (χ3v) is 22.0. The quantitative estimate of drug-likeness (QED) is 0.122. The van der Waals surface area contributed by atoms with Crippen molar-refractivity contribution in [2.45, 2.75) is 0 Å². The number of hydrogen-bond donors (Lipinski definition) is 2. The molecule has 12 heteroatoms. The zero-order chi connectivity index (χ0) is 58.1. The average Bonchev–Trinajstić information content (AvgIpc) is 2.43. The second kappa shape index (κ2) is 22.7. The number of rotatable bonds is 12. The van der Waals surface area contributed by atoms with Gasteiger partial charge in [0.1, 0.15) is 0 Å². The van der Waals surface area contributed by atoms with E-state index in [2.05, 4.69) is 266 Å². The molecule has 2 N–H and O–H groups in total. The van der Waals surface area contributed by atoms with E-state index in [4.69, 9.17) is 9.98 Å². The van der Waals surface area contributed by atoms with Crippen LogP contribution in [0.3, 0.4) is 0 Å². The molecular formula is C76H46N4S8. The Hall–Kier alpha value is -8.92. The monoisotopic (exact) mass is 1270 g/mol. The first-order chi connectivity index (χ1) is 43.7. The Kier molecular flexibility index (Phi) is 13.7. The number of benzene rings is 4. The Balaban J connectivity index is 1.22. The van der Waals surface area contributed by atoms with Gasteiger partial charge in [-0.25, -0.2) is 9.98 Å². The zero-order valence-corrected chi connectivity index (χ0v) is 53.1. The van der Waals surface area contributed by atoms with Crippen LogP contribution in [0.15, 0.2) is 277 Å². The van der Waals surface area contributed by atoms with Gasteiger partial charge >= 0.3 is 0 Å². The minimum absolute atomic E-state index is 0.884. The summed E-state index contributed by atoms with van der Waals surface area (Å²) in [5.41, 5.74) is 31.2. The highest BCUT2D eigenvalue weighted by Crippen LogP contribution is 2.55. The van der Waals surface area contributed by atoms with Crippen molar-refractivity contribution in [2.75, 3.05) is 0 Å². The minimum Gasteiger partial charge on any atom is -0.353 e. The van der Waals surface area contributed by atoms with Gasteiger partial charge in [-0.1, -0.05) is 121 Å². The fourth-order valence-electron chi connectivity index (χ4n) is 12.9. The molecule has 88 heavy (non-hydrogen) atoms. The van der Waals surface area contributed by atoms with Crippen molar-refractivity contribution in [2.24, 2.45) is 9.98 Å². The van der Waals surface area contributed by atoms with E-state index in [0.29, 0.717) is 0 Å². The average molecular weight is 1270 g/mol. The van der Waals surface area contributed by atoms with Crippen molar-refractivity contribution in [1.82, 2.24) is 9.97 Å². The van der Waals surface area contributed by atoms with Gasteiger partial charge in [0.05, 0.1) is 44.9 Å². The van der Waals surface area contributed by atoms with Gasteiger partial charge in [0.15, 0.2) is 0 Å². The van der Waals surface area contributed by atoms with Crippen LogP contribution in [-0.2, 0) is 0 Å². The smallest absolute Gasteiger partial charge is 0.0822 e. The summed E-state index contributed by atoms with van der Waals surface area (Å²) in [6.07, 6.45) is 0. The molecular weight excluding hydrogens is 1230 g/mol. The lowest BCUT2D eigenvalue weighted by Crippen LogP contribution is -2.23. The number of nitrogens with one attached hydrogen (secondary N) is 2. The number of H-pyrrole nitrogens is 2. The second-order valence-electron chi connectivity index (χ2n) is 21.4. The van der Waals surface area contributed by atoms with Gasteiger partial charge in [-0.15, -0.1) is 0 Å². The summed E-state index contributed by atoms with van der Waals surface area (Å²) in [5, 5.41) is 38.1.